The van der Waals surface area contributed by atoms with E-state index in [1.807, 2.05) is 44.2 Å². The van der Waals surface area contributed by atoms with Gasteiger partial charge in [0.2, 0.25) is 0 Å². The Balaban J connectivity index is 1.84. The maximum atomic E-state index is 12.1. The number of hydrogen-bond acceptors (Lipinski definition) is 3. The predicted molar refractivity (Wildman–Crippen MR) is 98.2 cm³/mol. The zero-order chi connectivity index (χ0) is 16.4. The molecule has 0 unspecified atom stereocenters. The largest absolute Gasteiger partial charge is 0.300 e. The van der Waals surface area contributed by atoms with Crippen LogP contribution < -0.4 is 5.32 Å². The van der Waals surface area contributed by atoms with Crippen molar-refractivity contribution in [1.82, 2.24) is 5.32 Å². The second-order valence-corrected chi connectivity index (χ2v) is 6.85. The number of aryl methyl sites for hydroxylation is 2. The minimum Gasteiger partial charge on any atom is -0.300 e. The quantitative estimate of drug-likeness (QED) is 0.793. The van der Waals surface area contributed by atoms with Gasteiger partial charge in [0.05, 0.1) is 10.6 Å². The summed E-state index contributed by atoms with van der Waals surface area (Å²) in [5.41, 5.74) is 4.07. The molecule has 116 valence electrons. The van der Waals surface area contributed by atoms with E-state index in [2.05, 4.69) is 16.4 Å². The molecule has 3 nitrogen and oxygen atoms in total. The summed E-state index contributed by atoms with van der Waals surface area (Å²) in [6.45, 7) is 4.06. The summed E-state index contributed by atoms with van der Waals surface area (Å²) in [5.74, 6) is -0.131. The highest BCUT2D eigenvalue weighted by Crippen LogP contribution is 2.28. The van der Waals surface area contributed by atoms with Gasteiger partial charge in [-0.15, -0.1) is 0 Å². The fourth-order valence-corrected chi connectivity index (χ4v) is 3.29. The maximum absolute atomic E-state index is 12.1. The normalized spacial score (nSPS) is 17.8. The number of thioether (sulfide) groups is 1. The smallest absolute Gasteiger partial charge is 0.264 e. The second-order valence-electron chi connectivity index (χ2n) is 5.38. The molecule has 0 aromatic heterocycles. The minimum absolute atomic E-state index is 0.131. The lowest BCUT2D eigenvalue weighted by Gasteiger charge is -2.00. The highest BCUT2D eigenvalue weighted by molar-refractivity contribution is 8.18. The maximum Gasteiger partial charge on any atom is 0.264 e. The van der Waals surface area contributed by atoms with Gasteiger partial charge >= 0.3 is 0 Å². The number of amides is 1. The number of carbonyl (C=O) groups excluding carboxylic acids is 1. The van der Waals surface area contributed by atoms with E-state index in [1.165, 1.54) is 11.8 Å². The Bertz CT molecular complexity index is 805. The van der Waals surface area contributed by atoms with Crippen LogP contribution in [-0.2, 0) is 4.79 Å². The number of nitrogens with one attached hydrogen (secondary N) is 1. The van der Waals surface area contributed by atoms with Gasteiger partial charge in [-0.1, -0.05) is 29.8 Å². The summed E-state index contributed by atoms with van der Waals surface area (Å²) >= 11 is 7.21. The molecule has 2 aromatic rings. The SMILES string of the molecule is Cc1cc(C)cc(N=C2NC(=O)/C(=C/c3ccc(Cl)cc3)S2)c1. The van der Waals surface area contributed by atoms with Crippen molar-refractivity contribution in [3.05, 3.63) is 69.1 Å². The van der Waals surface area contributed by atoms with Crippen molar-refractivity contribution in [3.8, 4) is 0 Å². The van der Waals surface area contributed by atoms with E-state index in [9.17, 15) is 4.79 Å². The van der Waals surface area contributed by atoms with Crippen molar-refractivity contribution in [2.75, 3.05) is 0 Å². The molecule has 0 radical (unpaired) electrons. The topological polar surface area (TPSA) is 41.5 Å². The molecule has 1 amide bonds. The van der Waals surface area contributed by atoms with Crippen LogP contribution in [0.3, 0.4) is 0 Å². The van der Waals surface area contributed by atoms with Crippen molar-refractivity contribution in [3.63, 3.8) is 0 Å². The number of aliphatic imine (C=N–C) groups is 1. The lowest BCUT2D eigenvalue weighted by Crippen LogP contribution is -2.19. The summed E-state index contributed by atoms with van der Waals surface area (Å²) in [5, 5.41) is 4.07. The molecule has 1 N–H and O–H groups in total. The van der Waals surface area contributed by atoms with Gasteiger partial charge in [-0.3, -0.25) is 4.79 Å². The molecular weight excluding hydrogens is 328 g/mol. The summed E-state index contributed by atoms with van der Waals surface area (Å²) < 4.78 is 0. The standard InChI is InChI=1S/C18H15ClN2OS/c1-11-7-12(2)9-15(8-11)20-18-21-17(22)16(23-18)10-13-3-5-14(19)6-4-13/h3-10H,1-2H3,(H,20,21,22)/b16-10-. The van der Waals surface area contributed by atoms with Gasteiger partial charge in [0, 0.05) is 5.02 Å². The van der Waals surface area contributed by atoms with Crippen molar-refractivity contribution in [2.24, 2.45) is 4.99 Å². The lowest BCUT2D eigenvalue weighted by atomic mass is 10.1. The van der Waals surface area contributed by atoms with E-state index in [4.69, 9.17) is 11.6 Å². The number of amidine groups is 1. The summed E-state index contributed by atoms with van der Waals surface area (Å²) in [6.07, 6.45) is 1.83. The van der Waals surface area contributed by atoms with Crippen molar-refractivity contribution in [2.45, 2.75) is 13.8 Å². The van der Waals surface area contributed by atoms with Crippen LogP contribution in [0.4, 0.5) is 5.69 Å². The number of carbonyl (C=O) groups is 1. The molecule has 2 aromatic carbocycles. The van der Waals surface area contributed by atoms with Crippen molar-refractivity contribution >= 4 is 46.2 Å². The van der Waals surface area contributed by atoms with Crippen LogP contribution in [-0.4, -0.2) is 11.1 Å². The first-order chi connectivity index (χ1) is 11.0. The molecule has 1 fully saturated rings. The zero-order valence-corrected chi connectivity index (χ0v) is 14.3. The molecule has 23 heavy (non-hydrogen) atoms. The molecule has 1 saturated heterocycles. The highest BCUT2D eigenvalue weighted by Gasteiger charge is 2.23. The van der Waals surface area contributed by atoms with Crippen LogP contribution in [0, 0.1) is 13.8 Å². The Kier molecular flexibility index (Phi) is 4.55. The van der Waals surface area contributed by atoms with Crippen LogP contribution in [0.2, 0.25) is 5.02 Å². The minimum atomic E-state index is -0.131. The van der Waals surface area contributed by atoms with Crippen LogP contribution in [0.25, 0.3) is 6.08 Å². The fourth-order valence-electron chi connectivity index (χ4n) is 2.32. The molecule has 1 heterocycles. The Morgan fingerprint density at radius 1 is 1.09 bits per heavy atom. The van der Waals surface area contributed by atoms with E-state index >= 15 is 0 Å². The van der Waals surface area contributed by atoms with E-state index < -0.39 is 0 Å². The number of halogens is 1. The number of rotatable bonds is 2. The van der Waals surface area contributed by atoms with Crippen LogP contribution in [0.1, 0.15) is 16.7 Å². The van der Waals surface area contributed by atoms with Gasteiger partial charge in [0.15, 0.2) is 5.17 Å². The predicted octanol–water partition coefficient (Wildman–Crippen LogP) is 4.85. The monoisotopic (exact) mass is 342 g/mol. The summed E-state index contributed by atoms with van der Waals surface area (Å²) in [6, 6.07) is 13.4. The van der Waals surface area contributed by atoms with Gasteiger partial charge in [0.25, 0.3) is 5.91 Å². The Hall–Kier alpha value is -2.04. The lowest BCUT2D eigenvalue weighted by molar-refractivity contribution is -0.115. The van der Waals surface area contributed by atoms with Crippen molar-refractivity contribution in [1.29, 1.82) is 0 Å². The molecule has 0 saturated carbocycles. The Labute approximate surface area is 144 Å². The van der Waals surface area contributed by atoms with Gasteiger partial charge < -0.3 is 5.32 Å². The first kappa shape index (κ1) is 15.8. The average Bonchev–Trinajstić information content (AvgIpc) is 2.80. The van der Waals surface area contributed by atoms with Gasteiger partial charge in [0.1, 0.15) is 0 Å². The average molecular weight is 343 g/mol. The molecule has 5 heteroatoms. The zero-order valence-electron chi connectivity index (χ0n) is 12.8. The first-order valence-electron chi connectivity index (χ1n) is 7.13. The van der Waals surface area contributed by atoms with E-state index in [-0.39, 0.29) is 5.91 Å². The fraction of sp³-hybridized carbons (Fsp3) is 0.111. The second kappa shape index (κ2) is 6.60. The first-order valence-corrected chi connectivity index (χ1v) is 8.32. The number of nitrogens with zero attached hydrogens (tertiary/aromatic N) is 1. The number of hydrogen-bond donors (Lipinski definition) is 1. The molecule has 1 aliphatic rings. The molecule has 0 spiro atoms. The summed E-state index contributed by atoms with van der Waals surface area (Å²) in [4.78, 5) is 17.2. The van der Waals surface area contributed by atoms with Gasteiger partial charge in [-0.05, 0) is 72.6 Å². The molecule has 3 rings (SSSR count). The van der Waals surface area contributed by atoms with Crippen molar-refractivity contribution < 1.29 is 4.79 Å². The molecule has 0 aliphatic carbocycles. The van der Waals surface area contributed by atoms with Crippen LogP contribution in [0.15, 0.2) is 52.4 Å². The molecular formula is C18H15ClN2OS. The Morgan fingerprint density at radius 3 is 2.39 bits per heavy atom. The molecule has 1 aliphatic heterocycles. The van der Waals surface area contributed by atoms with Gasteiger partial charge in [-0.25, -0.2) is 4.99 Å². The summed E-state index contributed by atoms with van der Waals surface area (Å²) in [7, 11) is 0. The number of benzene rings is 2. The van der Waals surface area contributed by atoms with E-state index in [0.717, 1.165) is 22.4 Å². The van der Waals surface area contributed by atoms with E-state index in [1.54, 1.807) is 12.1 Å². The third-order valence-electron chi connectivity index (χ3n) is 3.26. The Morgan fingerprint density at radius 2 is 1.74 bits per heavy atom. The van der Waals surface area contributed by atoms with E-state index in [0.29, 0.717) is 15.1 Å². The van der Waals surface area contributed by atoms with Crippen LogP contribution >= 0.6 is 23.4 Å². The third-order valence-corrected chi connectivity index (χ3v) is 4.42. The molecule has 0 bridgehead atoms. The highest BCUT2D eigenvalue weighted by atomic mass is 35.5. The van der Waals surface area contributed by atoms with Gasteiger partial charge in [-0.2, -0.15) is 0 Å². The molecule has 0 atom stereocenters. The van der Waals surface area contributed by atoms with Crippen LogP contribution in [0.5, 0.6) is 0 Å². The third kappa shape index (κ3) is 4.03.